The minimum Gasteiger partial charge on any atom is -0.398 e. The third-order valence-electron chi connectivity index (χ3n) is 3.35. The van der Waals surface area contributed by atoms with E-state index in [2.05, 4.69) is 21.2 Å². The molecule has 0 unspecified atom stereocenters. The summed E-state index contributed by atoms with van der Waals surface area (Å²) < 4.78 is 0.787. The lowest BCUT2D eigenvalue weighted by Crippen LogP contribution is -2.14. The smallest absolute Gasteiger partial charge is 0.256 e. The molecule has 0 heterocycles. The summed E-state index contributed by atoms with van der Waals surface area (Å²) in [6.45, 7) is 5.71. The number of carbonyl (C=O) groups is 1. The van der Waals surface area contributed by atoms with Gasteiger partial charge in [-0.15, -0.1) is 0 Å². The summed E-state index contributed by atoms with van der Waals surface area (Å²) in [7, 11) is 0. The van der Waals surface area contributed by atoms with E-state index in [4.69, 9.17) is 17.3 Å². The largest absolute Gasteiger partial charge is 0.398 e. The Hall–Kier alpha value is -1.52. The van der Waals surface area contributed by atoms with Crippen molar-refractivity contribution in [2.24, 2.45) is 0 Å². The Kier molecular flexibility index (Phi) is 4.59. The second-order valence-electron chi connectivity index (χ2n) is 5.06. The molecule has 3 N–H and O–H groups in total. The lowest BCUT2D eigenvalue weighted by Gasteiger charge is -2.12. The summed E-state index contributed by atoms with van der Waals surface area (Å²) in [5, 5.41) is 3.46. The van der Waals surface area contributed by atoms with Gasteiger partial charge in [-0.2, -0.15) is 0 Å². The number of rotatable bonds is 2. The first kappa shape index (κ1) is 15.9. The van der Waals surface area contributed by atoms with Crippen LogP contribution in [0.3, 0.4) is 0 Å². The summed E-state index contributed by atoms with van der Waals surface area (Å²) in [6, 6.07) is 7.20. The summed E-state index contributed by atoms with van der Waals surface area (Å²) in [6.07, 6.45) is 0. The van der Waals surface area contributed by atoms with Gasteiger partial charge in [0, 0.05) is 20.7 Å². The van der Waals surface area contributed by atoms with E-state index in [1.165, 1.54) is 0 Å². The van der Waals surface area contributed by atoms with Crippen LogP contribution in [0, 0.1) is 20.8 Å². The van der Waals surface area contributed by atoms with Crippen LogP contribution >= 0.6 is 27.5 Å². The number of halogens is 2. The Morgan fingerprint density at radius 2 is 1.76 bits per heavy atom. The maximum Gasteiger partial charge on any atom is 0.256 e. The van der Waals surface area contributed by atoms with Crippen LogP contribution in [0.15, 0.2) is 28.7 Å². The monoisotopic (exact) mass is 366 g/mol. The highest BCUT2D eigenvalue weighted by atomic mass is 79.9. The number of carbonyl (C=O) groups excluding carboxylic acids is 1. The van der Waals surface area contributed by atoms with Crippen molar-refractivity contribution in [3.63, 3.8) is 0 Å². The van der Waals surface area contributed by atoms with E-state index < -0.39 is 0 Å². The van der Waals surface area contributed by atoms with Gasteiger partial charge in [-0.1, -0.05) is 17.7 Å². The maximum absolute atomic E-state index is 12.4. The number of anilines is 2. The van der Waals surface area contributed by atoms with Gasteiger partial charge in [0.1, 0.15) is 0 Å². The van der Waals surface area contributed by atoms with Crippen molar-refractivity contribution in [2.45, 2.75) is 20.8 Å². The van der Waals surface area contributed by atoms with Crippen LogP contribution in [0.25, 0.3) is 0 Å². The van der Waals surface area contributed by atoms with Crippen LogP contribution in [0.2, 0.25) is 5.02 Å². The summed E-state index contributed by atoms with van der Waals surface area (Å²) in [5.74, 6) is -0.209. The van der Waals surface area contributed by atoms with Crippen LogP contribution in [-0.2, 0) is 0 Å². The van der Waals surface area contributed by atoms with Gasteiger partial charge in [-0.3, -0.25) is 4.79 Å². The molecule has 0 aliphatic rings. The van der Waals surface area contributed by atoms with E-state index in [1.54, 1.807) is 12.1 Å². The van der Waals surface area contributed by atoms with Crippen molar-refractivity contribution in [1.82, 2.24) is 0 Å². The lowest BCUT2D eigenvalue weighted by molar-refractivity contribution is 0.102. The molecular formula is C16H16BrClN2O. The maximum atomic E-state index is 12.4. The van der Waals surface area contributed by atoms with Crippen molar-refractivity contribution >= 4 is 44.8 Å². The van der Waals surface area contributed by atoms with Crippen LogP contribution in [0.4, 0.5) is 11.4 Å². The van der Waals surface area contributed by atoms with Crippen molar-refractivity contribution < 1.29 is 4.79 Å². The first-order valence-corrected chi connectivity index (χ1v) is 7.60. The van der Waals surface area contributed by atoms with E-state index in [1.807, 2.05) is 32.9 Å². The predicted octanol–water partition coefficient (Wildman–Crippen LogP) is 4.86. The zero-order valence-corrected chi connectivity index (χ0v) is 14.4. The van der Waals surface area contributed by atoms with Gasteiger partial charge in [0.15, 0.2) is 0 Å². The molecular weight excluding hydrogens is 352 g/mol. The average Bonchev–Trinajstić information content (AvgIpc) is 2.40. The topological polar surface area (TPSA) is 55.1 Å². The Morgan fingerprint density at radius 3 is 2.43 bits per heavy atom. The minimum atomic E-state index is -0.209. The summed E-state index contributed by atoms with van der Waals surface area (Å²) in [5.41, 5.74) is 10.5. The molecule has 0 aliphatic heterocycles. The second-order valence-corrected chi connectivity index (χ2v) is 6.32. The predicted molar refractivity (Wildman–Crippen MR) is 92.2 cm³/mol. The molecule has 0 fully saturated rings. The van der Waals surface area contributed by atoms with Gasteiger partial charge >= 0.3 is 0 Å². The Labute approximate surface area is 137 Å². The van der Waals surface area contributed by atoms with Crippen LogP contribution in [0.5, 0.6) is 0 Å². The molecule has 5 heteroatoms. The van der Waals surface area contributed by atoms with Gasteiger partial charge in [-0.05, 0) is 71.6 Å². The molecule has 2 rings (SSSR count). The molecule has 0 saturated carbocycles. The van der Waals surface area contributed by atoms with E-state index in [0.29, 0.717) is 22.0 Å². The fourth-order valence-corrected chi connectivity index (χ4v) is 2.77. The molecule has 0 aliphatic carbocycles. The standard InChI is InChI=1S/C16H16BrClN2O/c1-8-4-10(3)14(19)6-11(8)16(21)20-15-7-13(18)9(2)5-12(15)17/h4-7H,19H2,1-3H3,(H,20,21). The summed E-state index contributed by atoms with van der Waals surface area (Å²) in [4.78, 5) is 12.4. The molecule has 0 aromatic heterocycles. The summed E-state index contributed by atoms with van der Waals surface area (Å²) >= 11 is 9.53. The molecule has 21 heavy (non-hydrogen) atoms. The highest BCUT2D eigenvalue weighted by Crippen LogP contribution is 2.30. The Balaban J connectivity index is 2.35. The van der Waals surface area contributed by atoms with Crippen molar-refractivity contribution in [3.8, 4) is 0 Å². The van der Waals surface area contributed by atoms with Crippen LogP contribution in [-0.4, -0.2) is 5.91 Å². The average molecular weight is 368 g/mol. The van der Waals surface area contributed by atoms with Crippen LogP contribution < -0.4 is 11.1 Å². The van der Waals surface area contributed by atoms with E-state index in [9.17, 15) is 4.79 Å². The SMILES string of the molecule is Cc1cc(C)c(C(=O)Nc2cc(Cl)c(C)cc2Br)cc1N. The zero-order chi connectivity index (χ0) is 15.7. The number of hydrogen-bond donors (Lipinski definition) is 2. The third kappa shape index (κ3) is 3.39. The number of benzene rings is 2. The van der Waals surface area contributed by atoms with Gasteiger partial charge in [-0.25, -0.2) is 0 Å². The number of aryl methyl sites for hydroxylation is 3. The minimum absolute atomic E-state index is 0.209. The lowest BCUT2D eigenvalue weighted by atomic mass is 10.0. The Morgan fingerprint density at radius 1 is 1.10 bits per heavy atom. The number of amides is 1. The van der Waals surface area contributed by atoms with Gasteiger partial charge in [0.2, 0.25) is 0 Å². The fourth-order valence-electron chi connectivity index (χ4n) is 2.05. The molecule has 110 valence electrons. The van der Waals surface area contributed by atoms with E-state index in [-0.39, 0.29) is 5.91 Å². The number of nitrogens with two attached hydrogens (primary N) is 1. The number of hydrogen-bond acceptors (Lipinski definition) is 2. The van der Waals surface area contributed by atoms with Gasteiger partial charge in [0.25, 0.3) is 5.91 Å². The number of nitrogens with one attached hydrogen (secondary N) is 1. The number of nitrogen functional groups attached to an aromatic ring is 1. The molecule has 0 atom stereocenters. The molecule has 0 spiro atoms. The quantitative estimate of drug-likeness (QED) is 0.745. The van der Waals surface area contributed by atoms with Gasteiger partial charge < -0.3 is 11.1 Å². The molecule has 3 nitrogen and oxygen atoms in total. The fraction of sp³-hybridized carbons (Fsp3) is 0.188. The molecule has 0 bridgehead atoms. The first-order chi connectivity index (χ1) is 9.79. The van der Waals surface area contributed by atoms with E-state index >= 15 is 0 Å². The van der Waals surface area contributed by atoms with Crippen molar-refractivity contribution in [1.29, 1.82) is 0 Å². The molecule has 2 aromatic rings. The third-order valence-corrected chi connectivity index (χ3v) is 4.42. The highest BCUT2D eigenvalue weighted by Gasteiger charge is 2.13. The van der Waals surface area contributed by atoms with Crippen LogP contribution in [0.1, 0.15) is 27.0 Å². The zero-order valence-electron chi connectivity index (χ0n) is 12.1. The van der Waals surface area contributed by atoms with Gasteiger partial charge in [0.05, 0.1) is 5.69 Å². The molecule has 1 amide bonds. The van der Waals surface area contributed by atoms with Crippen molar-refractivity contribution in [2.75, 3.05) is 11.1 Å². The van der Waals surface area contributed by atoms with E-state index in [0.717, 1.165) is 21.2 Å². The molecule has 2 aromatic carbocycles. The molecule has 0 saturated heterocycles. The Bertz CT molecular complexity index is 729. The second kappa shape index (κ2) is 6.08. The first-order valence-electron chi connectivity index (χ1n) is 6.43. The van der Waals surface area contributed by atoms with Crippen molar-refractivity contribution in [3.05, 3.63) is 56.0 Å². The molecule has 0 radical (unpaired) electrons. The highest BCUT2D eigenvalue weighted by molar-refractivity contribution is 9.10. The normalized spacial score (nSPS) is 10.5.